The van der Waals surface area contributed by atoms with Crippen LogP contribution in [0.2, 0.25) is 0 Å². The Hall–Kier alpha value is -0.570. The average molecular weight is 224 g/mol. The number of likely N-dealkylation sites (tertiary alicyclic amines) is 1. The van der Waals surface area contributed by atoms with Gasteiger partial charge in [0.15, 0.2) is 0 Å². The van der Waals surface area contributed by atoms with Gasteiger partial charge in [-0.25, -0.2) is 0 Å². The van der Waals surface area contributed by atoms with Gasteiger partial charge in [0.1, 0.15) is 0 Å². The van der Waals surface area contributed by atoms with E-state index in [2.05, 4.69) is 24.1 Å². The van der Waals surface area contributed by atoms with E-state index in [4.69, 9.17) is 0 Å². The highest BCUT2D eigenvalue weighted by atomic mass is 16.2. The first kappa shape index (κ1) is 11.9. The molecule has 2 aliphatic rings. The SMILES string of the molecule is CCC1(CC)CCN(C(=O)C2CCCN2)C1. The second kappa shape index (κ2) is 4.74. The van der Waals surface area contributed by atoms with Gasteiger partial charge in [0, 0.05) is 13.1 Å². The minimum atomic E-state index is 0.115. The van der Waals surface area contributed by atoms with E-state index in [9.17, 15) is 4.79 Å². The van der Waals surface area contributed by atoms with Crippen LogP contribution in [-0.4, -0.2) is 36.5 Å². The minimum Gasteiger partial charge on any atom is -0.341 e. The van der Waals surface area contributed by atoms with E-state index in [0.717, 1.165) is 32.5 Å². The highest BCUT2D eigenvalue weighted by Crippen LogP contribution is 2.37. The molecule has 0 aromatic heterocycles. The Kier molecular flexibility index (Phi) is 3.53. The number of carbonyl (C=O) groups excluding carboxylic acids is 1. The van der Waals surface area contributed by atoms with Crippen molar-refractivity contribution < 1.29 is 4.79 Å². The molecule has 92 valence electrons. The number of amides is 1. The first-order valence-corrected chi connectivity index (χ1v) is 6.73. The average Bonchev–Trinajstić information content (AvgIpc) is 2.98. The Labute approximate surface area is 98.6 Å². The van der Waals surface area contributed by atoms with Crippen LogP contribution in [0.15, 0.2) is 0 Å². The van der Waals surface area contributed by atoms with Crippen LogP contribution >= 0.6 is 0 Å². The van der Waals surface area contributed by atoms with Crippen molar-refractivity contribution in [2.45, 2.75) is 52.0 Å². The molecule has 0 aromatic carbocycles. The Morgan fingerprint density at radius 1 is 1.44 bits per heavy atom. The molecule has 1 amide bonds. The molecule has 2 heterocycles. The van der Waals surface area contributed by atoms with Crippen LogP contribution < -0.4 is 5.32 Å². The lowest BCUT2D eigenvalue weighted by molar-refractivity contribution is -0.132. The highest BCUT2D eigenvalue weighted by Gasteiger charge is 2.39. The maximum Gasteiger partial charge on any atom is 0.239 e. The number of hydrogen-bond acceptors (Lipinski definition) is 2. The summed E-state index contributed by atoms with van der Waals surface area (Å²) in [4.78, 5) is 14.3. The molecular formula is C13H24N2O. The molecule has 0 spiro atoms. The molecule has 1 N–H and O–H groups in total. The Morgan fingerprint density at radius 2 is 2.19 bits per heavy atom. The van der Waals surface area contributed by atoms with Gasteiger partial charge in [0.25, 0.3) is 0 Å². The van der Waals surface area contributed by atoms with Crippen LogP contribution in [0.4, 0.5) is 0 Å². The first-order chi connectivity index (χ1) is 7.71. The normalized spacial score (nSPS) is 28.6. The monoisotopic (exact) mass is 224 g/mol. The highest BCUT2D eigenvalue weighted by molar-refractivity contribution is 5.82. The molecule has 0 radical (unpaired) electrons. The fourth-order valence-corrected chi connectivity index (χ4v) is 3.07. The van der Waals surface area contributed by atoms with Crippen LogP contribution in [0, 0.1) is 5.41 Å². The van der Waals surface area contributed by atoms with Crippen molar-refractivity contribution in [2.24, 2.45) is 5.41 Å². The van der Waals surface area contributed by atoms with E-state index < -0.39 is 0 Å². The van der Waals surface area contributed by atoms with Crippen LogP contribution in [0.25, 0.3) is 0 Å². The lowest BCUT2D eigenvalue weighted by Crippen LogP contribution is -2.43. The van der Waals surface area contributed by atoms with Crippen molar-refractivity contribution in [1.82, 2.24) is 10.2 Å². The lowest BCUT2D eigenvalue weighted by atomic mass is 9.82. The van der Waals surface area contributed by atoms with Gasteiger partial charge in [-0.15, -0.1) is 0 Å². The molecule has 2 fully saturated rings. The summed E-state index contributed by atoms with van der Waals surface area (Å²) in [5.41, 5.74) is 0.411. The first-order valence-electron chi connectivity index (χ1n) is 6.73. The zero-order valence-corrected chi connectivity index (χ0v) is 10.6. The molecular weight excluding hydrogens is 200 g/mol. The molecule has 0 aromatic rings. The molecule has 0 aliphatic carbocycles. The number of rotatable bonds is 3. The van der Waals surface area contributed by atoms with E-state index >= 15 is 0 Å². The van der Waals surface area contributed by atoms with Gasteiger partial charge in [-0.3, -0.25) is 4.79 Å². The van der Waals surface area contributed by atoms with Crippen molar-refractivity contribution in [3.05, 3.63) is 0 Å². The van der Waals surface area contributed by atoms with Crippen molar-refractivity contribution in [2.75, 3.05) is 19.6 Å². The van der Waals surface area contributed by atoms with Crippen molar-refractivity contribution in [1.29, 1.82) is 0 Å². The summed E-state index contributed by atoms with van der Waals surface area (Å²) in [6.07, 6.45) is 5.77. The quantitative estimate of drug-likeness (QED) is 0.792. The lowest BCUT2D eigenvalue weighted by Gasteiger charge is -2.27. The Bertz CT molecular complexity index is 255. The standard InChI is InChI=1S/C13H24N2O/c1-3-13(4-2)7-9-15(10-13)12(16)11-6-5-8-14-11/h11,14H,3-10H2,1-2H3. The molecule has 2 rings (SSSR count). The second-order valence-corrected chi connectivity index (χ2v) is 5.37. The van der Waals surface area contributed by atoms with E-state index in [1.165, 1.54) is 19.3 Å². The molecule has 3 heteroatoms. The van der Waals surface area contributed by atoms with Crippen LogP contribution in [0.5, 0.6) is 0 Å². The third-order valence-electron chi connectivity index (χ3n) is 4.61. The third-order valence-corrected chi connectivity index (χ3v) is 4.61. The van der Waals surface area contributed by atoms with Crippen LogP contribution in [0.1, 0.15) is 46.0 Å². The van der Waals surface area contributed by atoms with Crippen molar-refractivity contribution >= 4 is 5.91 Å². The maximum absolute atomic E-state index is 12.2. The van der Waals surface area contributed by atoms with Crippen molar-refractivity contribution in [3.8, 4) is 0 Å². The van der Waals surface area contributed by atoms with Gasteiger partial charge in [-0.1, -0.05) is 13.8 Å². The fraction of sp³-hybridized carbons (Fsp3) is 0.923. The van der Waals surface area contributed by atoms with E-state index in [-0.39, 0.29) is 6.04 Å². The van der Waals surface area contributed by atoms with Crippen LogP contribution in [-0.2, 0) is 4.79 Å². The maximum atomic E-state index is 12.2. The molecule has 16 heavy (non-hydrogen) atoms. The zero-order valence-electron chi connectivity index (χ0n) is 10.6. The topological polar surface area (TPSA) is 32.3 Å². The molecule has 2 aliphatic heterocycles. The van der Waals surface area contributed by atoms with Gasteiger partial charge in [-0.05, 0) is 44.1 Å². The fourth-order valence-electron chi connectivity index (χ4n) is 3.07. The van der Waals surface area contributed by atoms with Gasteiger partial charge >= 0.3 is 0 Å². The van der Waals surface area contributed by atoms with Gasteiger partial charge in [-0.2, -0.15) is 0 Å². The number of carbonyl (C=O) groups is 1. The largest absolute Gasteiger partial charge is 0.341 e. The van der Waals surface area contributed by atoms with Crippen LogP contribution in [0.3, 0.4) is 0 Å². The summed E-state index contributed by atoms with van der Waals surface area (Å²) < 4.78 is 0. The zero-order chi connectivity index (χ0) is 11.6. The molecule has 1 atom stereocenters. The molecule has 2 saturated heterocycles. The van der Waals surface area contributed by atoms with Gasteiger partial charge in [0.2, 0.25) is 5.91 Å². The summed E-state index contributed by atoms with van der Waals surface area (Å²) in [5, 5.41) is 3.31. The number of hydrogen-bond donors (Lipinski definition) is 1. The summed E-state index contributed by atoms with van der Waals surface area (Å²) in [6.45, 7) is 7.48. The molecule has 0 bridgehead atoms. The number of nitrogens with zero attached hydrogens (tertiary/aromatic N) is 1. The Balaban J connectivity index is 1.94. The smallest absolute Gasteiger partial charge is 0.239 e. The summed E-state index contributed by atoms with van der Waals surface area (Å²) in [6, 6.07) is 0.115. The number of nitrogens with one attached hydrogen (secondary N) is 1. The van der Waals surface area contributed by atoms with Gasteiger partial charge in [0.05, 0.1) is 6.04 Å². The predicted octanol–water partition coefficient (Wildman–Crippen LogP) is 1.78. The summed E-state index contributed by atoms with van der Waals surface area (Å²) >= 11 is 0. The third kappa shape index (κ3) is 2.10. The molecule has 3 nitrogen and oxygen atoms in total. The minimum absolute atomic E-state index is 0.115. The van der Waals surface area contributed by atoms with E-state index in [0.29, 0.717) is 11.3 Å². The predicted molar refractivity (Wildman–Crippen MR) is 65.2 cm³/mol. The summed E-state index contributed by atoms with van der Waals surface area (Å²) in [5.74, 6) is 0.348. The van der Waals surface area contributed by atoms with E-state index in [1.807, 2.05) is 0 Å². The molecule has 0 saturated carbocycles. The van der Waals surface area contributed by atoms with E-state index in [1.54, 1.807) is 0 Å². The summed E-state index contributed by atoms with van der Waals surface area (Å²) in [7, 11) is 0. The molecule has 1 unspecified atom stereocenters. The second-order valence-electron chi connectivity index (χ2n) is 5.37. The van der Waals surface area contributed by atoms with Gasteiger partial charge < -0.3 is 10.2 Å². The van der Waals surface area contributed by atoms with Crippen molar-refractivity contribution in [3.63, 3.8) is 0 Å². The Morgan fingerprint density at radius 3 is 2.69 bits per heavy atom.